The largest absolute Gasteiger partial charge is 0.294 e. The van der Waals surface area contributed by atoms with Crippen LogP contribution in [-0.2, 0) is 13.5 Å². The summed E-state index contributed by atoms with van der Waals surface area (Å²) in [5, 5.41) is 4.79. The molecule has 1 aromatic carbocycles. The van der Waals surface area contributed by atoms with Gasteiger partial charge in [0, 0.05) is 17.1 Å². The van der Waals surface area contributed by atoms with Crippen molar-refractivity contribution in [2.24, 2.45) is 7.05 Å². The fraction of sp³-hybridized carbons (Fsp3) is 0.286. The molecular formula is C14H14BrClN2O. The molecule has 3 nitrogen and oxygen atoms in total. The van der Waals surface area contributed by atoms with Crippen LogP contribution in [0.2, 0.25) is 5.02 Å². The van der Waals surface area contributed by atoms with Crippen molar-refractivity contribution in [2.75, 3.05) is 0 Å². The number of carbonyl (C=O) groups is 1. The van der Waals surface area contributed by atoms with E-state index in [0.717, 1.165) is 21.4 Å². The normalized spacial score (nSPS) is 10.8. The predicted octanol–water partition coefficient (Wildman–Crippen LogP) is 3.88. The summed E-state index contributed by atoms with van der Waals surface area (Å²) >= 11 is 9.61. The Morgan fingerprint density at radius 3 is 2.68 bits per heavy atom. The molecule has 0 aliphatic heterocycles. The molecule has 0 radical (unpaired) electrons. The number of aromatic nitrogens is 2. The van der Waals surface area contributed by atoms with Gasteiger partial charge >= 0.3 is 0 Å². The van der Waals surface area contributed by atoms with Crippen LogP contribution in [0.5, 0.6) is 0 Å². The molecular weight excluding hydrogens is 328 g/mol. The number of aryl methyl sites for hydroxylation is 2. The number of ketones is 1. The van der Waals surface area contributed by atoms with Crippen LogP contribution in [0.1, 0.15) is 27.3 Å². The second-order valence-corrected chi connectivity index (χ2v) is 5.71. The number of Topliss-reactive ketones (excluding diaryl/α,β-unsaturated/α-hetero) is 1. The van der Waals surface area contributed by atoms with Crippen LogP contribution in [0.25, 0.3) is 0 Å². The number of carbonyl (C=O) groups excluding carboxylic acids is 1. The Hall–Kier alpha value is -1.13. The summed E-state index contributed by atoms with van der Waals surface area (Å²) in [4.78, 5) is 12.4. The van der Waals surface area contributed by atoms with Gasteiger partial charge in [0.05, 0.1) is 22.8 Å². The molecule has 0 fully saturated rings. The summed E-state index contributed by atoms with van der Waals surface area (Å²) in [5.41, 5.74) is 3.16. The topological polar surface area (TPSA) is 34.9 Å². The van der Waals surface area contributed by atoms with Gasteiger partial charge in [0.25, 0.3) is 0 Å². The smallest absolute Gasteiger partial charge is 0.169 e. The lowest BCUT2D eigenvalue weighted by Crippen LogP contribution is -2.10. The second kappa shape index (κ2) is 5.47. The van der Waals surface area contributed by atoms with Gasteiger partial charge in [0.2, 0.25) is 0 Å². The average Bonchev–Trinajstić information content (AvgIpc) is 2.59. The fourth-order valence-electron chi connectivity index (χ4n) is 2.03. The number of halogens is 2. The van der Waals surface area contributed by atoms with Crippen LogP contribution in [0.3, 0.4) is 0 Å². The molecule has 0 amide bonds. The molecule has 2 rings (SSSR count). The highest BCUT2D eigenvalue weighted by Crippen LogP contribution is 2.24. The summed E-state index contributed by atoms with van der Waals surface area (Å²) in [7, 11) is 1.80. The minimum Gasteiger partial charge on any atom is -0.294 e. The summed E-state index contributed by atoms with van der Waals surface area (Å²) in [5.74, 6) is 0.0451. The maximum atomic E-state index is 12.4. The van der Waals surface area contributed by atoms with Crippen LogP contribution in [0.15, 0.2) is 22.7 Å². The minimum absolute atomic E-state index is 0.0451. The molecule has 0 saturated heterocycles. The van der Waals surface area contributed by atoms with E-state index in [4.69, 9.17) is 11.6 Å². The number of hydrogen-bond donors (Lipinski definition) is 0. The quantitative estimate of drug-likeness (QED) is 0.794. The Labute approximate surface area is 125 Å². The Kier molecular flexibility index (Phi) is 4.11. The van der Waals surface area contributed by atoms with E-state index in [-0.39, 0.29) is 12.2 Å². The molecule has 0 bridgehead atoms. The molecule has 1 aromatic heterocycles. The van der Waals surface area contributed by atoms with E-state index in [1.54, 1.807) is 11.7 Å². The Balaban J connectivity index is 2.34. The predicted molar refractivity (Wildman–Crippen MR) is 79.9 cm³/mol. The van der Waals surface area contributed by atoms with Crippen LogP contribution in [-0.4, -0.2) is 15.6 Å². The zero-order valence-corrected chi connectivity index (χ0v) is 13.3. The highest BCUT2D eigenvalue weighted by molar-refractivity contribution is 9.10. The van der Waals surface area contributed by atoms with Crippen molar-refractivity contribution in [3.63, 3.8) is 0 Å². The zero-order chi connectivity index (χ0) is 14.2. The molecule has 0 unspecified atom stereocenters. The molecule has 0 aliphatic rings. The van der Waals surface area contributed by atoms with Gasteiger partial charge in [0.15, 0.2) is 5.78 Å². The zero-order valence-electron chi connectivity index (χ0n) is 11.0. The van der Waals surface area contributed by atoms with Gasteiger partial charge in [-0.15, -0.1) is 0 Å². The van der Waals surface area contributed by atoms with Gasteiger partial charge in [-0.25, -0.2) is 0 Å². The molecule has 0 atom stereocenters. The molecule has 100 valence electrons. The molecule has 2 aromatic rings. The SMILES string of the molecule is Cc1nn(C)c(CC(=O)c2cccc(Br)c2C)c1Cl. The molecule has 0 N–H and O–H groups in total. The third-order valence-electron chi connectivity index (χ3n) is 3.16. The average molecular weight is 342 g/mol. The van der Waals surface area contributed by atoms with Crippen LogP contribution in [0.4, 0.5) is 0 Å². The van der Waals surface area contributed by atoms with Crippen molar-refractivity contribution in [1.29, 1.82) is 0 Å². The first-order valence-electron chi connectivity index (χ1n) is 5.88. The fourth-order valence-corrected chi connectivity index (χ4v) is 2.62. The molecule has 0 saturated carbocycles. The summed E-state index contributed by atoms with van der Waals surface area (Å²) in [6.45, 7) is 3.76. The third-order valence-corrected chi connectivity index (χ3v) is 4.51. The highest BCUT2D eigenvalue weighted by Gasteiger charge is 2.17. The van der Waals surface area contributed by atoms with Crippen molar-refractivity contribution >= 4 is 33.3 Å². The third kappa shape index (κ3) is 2.74. The number of nitrogens with zero attached hydrogens (tertiary/aromatic N) is 2. The van der Waals surface area contributed by atoms with Crippen molar-refractivity contribution in [3.8, 4) is 0 Å². The van der Waals surface area contributed by atoms with Gasteiger partial charge in [-0.05, 0) is 25.5 Å². The molecule has 1 heterocycles. The van der Waals surface area contributed by atoms with E-state index in [0.29, 0.717) is 10.6 Å². The lowest BCUT2D eigenvalue weighted by atomic mass is 10.0. The second-order valence-electron chi connectivity index (χ2n) is 4.48. The maximum Gasteiger partial charge on any atom is 0.169 e. The molecule has 0 aliphatic carbocycles. The van der Waals surface area contributed by atoms with E-state index in [9.17, 15) is 4.79 Å². The van der Waals surface area contributed by atoms with E-state index >= 15 is 0 Å². The van der Waals surface area contributed by atoms with Crippen molar-refractivity contribution in [2.45, 2.75) is 20.3 Å². The monoisotopic (exact) mass is 340 g/mol. The van der Waals surface area contributed by atoms with Crippen LogP contribution < -0.4 is 0 Å². The number of hydrogen-bond acceptors (Lipinski definition) is 2. The minimum atomic E-state index is 0.0451. The highest BCUT2D eigenvalue weighted by atomic mass is 79.9. The van der Waals surface area contributed by atoms with Crippen LogP contribution in [0, 0.1) is 13.8 Å². The Morgan fingerprint density at radius 1 is 1.42 bits per heavy atom. The van der Waals surface area contributed by atoms with Gasteiger partial charge in [0.1, 0.15) is 0 Å². The first kappa shape index (κ1) is 14.3. The van der Waals surface area contributed by atoms with Crippen LogP contribution >= 0.6 is 27.5 Å². The van der Waals surface area contributed by atoms with Gasteiger partial charge in [-0.2, -0.15) is 5.10 Å². The van der Waals surface area contributed by atoms with Crippen molar-refractivity contribution in [1.82, 2.24) is 9.78 Å². The van der Waals surface area contributed by atoms with Gasteiger partial charge < -0.3 is 0 Å². The Bertz CT molecular complexity index is 649. The van der Waals surface area contributed by atoms with E-state index in [2.05, 4.69) is 21.0 Å². The molecule has 0 spiro atoms. The standard InChI is InChI=1S/C14H14BrClN2O/c1-8-10(5-4-6-11(8)15)13(19)7-12-14(16)9(2)17-18(12)3/h4-6H,7H2,1-3H3. The Morgan fingerprint density at radius 2 is 2.11 bits per heavy atom. The number of rotatable bonds is 3. The lowest BCUT2D eigenvalue weighted by Gasteiger charge is -2.07. The van der Waals surface area contributed by atoms with Crippen molar-refractivity contribution < 1.29 is 4.79 Å². The summed E-state index contributed by atoms with van der Waals surface area (Å²) in [6.07, 6.45) is 0.257. The number of benzene rings is 1. The summed E-state index contributed by atoms with van der Waals surface area (Å²) in [6, 6.07) is 5.62. The van der Waals surface area contributed by atoms with Gasteiger partial charge in [-0.3, -0.25) is 9.48 Å². The summed E-state index contributed by atoms with van der Waals surface area (Å²) < 4.78 is 2.61. The first-order valence-corrected chi connectivity index (χ1v) is 7.05. The molecule has 19 heavy (non-hydrogen) atoms. The van der Waals surface area contributed by atoms with Gasteiger partial charge in [-0.1, -0.05) is 39.7 Å². The van der Waals surface area contributed by atoms with E-state index < -0.39 is 0 Å². The first-order chi connectivity index (χ1) is 8.91. The van der Waals surface area contributed by atoms with Crippen molar-refractivity contribution in [3.05, 3.63) is 50.2 Å². The van der Waals surface area contributed by atoms with E-state index in [1.807, 2.05) is 32.0 Å². The van der Waals surface area contributed by atoms with E-state index in [1.165, 1.54) is 0 Å². The maximum absolute atomic E-state index is 12.4. The molecule has 5 heteroatoms. The lowest BCUT2D eigenvalue weighted by molar-refractivity contribution is 0.0990.